The molecular weight excluding hydrogens is 383 g/mol. The van der Waals surface area contributed by atoms with E-state index < -0.39 is 36.9 Å². The van der Waals surface area contributed by atoms with E-state index in [1.165, 1.54) is 24.3 Å². The number of benzene rings is 2. The predicted octanol–water partition coefficient (Wildman–Crippen LogP) is 2.79. The number of sulfonamides is 1. The summed E-state index contributed by atoms with van der Waals surface area (Å²) in [6.07, 6.45) is -3.95. The van der Waals surface area contributed by atoms with E-state index in [0.29, 0.717) is 0 Å². The van der Waals surface area contributed by atoms with Crippen molar-refractivity contribution >= 4 is 25.5 Å². The number of sulfone groups is 1. The molecule has 0 atom stereocenters. The normalized spacial score (nSPS) is 12.6. The van der Waals surface area contributed by atoms with E-state index in [0.717, 1.165) is 30.5 Å². The van der Waals surface area contributed by atoms with Gasteiger partial charge < -0.3 is 4.74 Å². The molecule has 2 aromatic rings. The first-order chi connectivity index (χ1) is 11.4. The van der Waals surface area contributed by atoms with E-state index in [1.807, 2.05) is 0 Å². The molecule has 6 nitrogen and oxygen atoms in total. The highest BCUT2D eigenvalue weighted by Gasteiger charge is 2.31. The summed E-state index contributed by atoms with van der Waals surface area (Å²) in [6, 6.07) is 8.74. The molecule has 0 saturated carbocycles. The smallest absolute Gasteiger partial charge is 0.406 e. The Morgan fingerprint density at radius 3 is 2.04 bits per heavy atom. The minimum absolute atomic E-state index is 0.00368. The molecule has 0 aromatic heterocycles. The molecule has 0 fully saturated rings. The Hall–Kier alpha value is -2.27. The Morgan fingerprint density at radius 2 is 1.52 bits per heavy atom. The zero-order valence-electron chi connectivity index (χ0n) is 12.6. The summed E-state index contributed by atoms with van der Waals surface area (Å²) in [5.41, 5.74) is 0.0505. The van der Waals surface area contributed by atoms with Gasteiger partial charge in [-0.15, -0.1) is 13.2 Å². The molecule has 0 heterocycles. The van der Waals surface area contributed by atoms with Crippen molar-refractivity contribution in [3.8, 4) is 5.75 Å². The van der Waals surface area contributed by atoms with E-state index in [4.69, 9.17) is 0 Å². The molecule has 136 valence electrons. The topological polar surface area (TPSA) is 89.5 Å². The molecule has 11 heteroatoms. The Bertz CT molecular complexity index is 968. The average Bonchev–Trinajstić information content (AvgIpc) is 2.45. The third-order valence-electron chi connectivity index (χ3n) is 2.88. The molecule has 0 bridgehead atoms. The molecule has 2 rings (SSSR count). The summed E-state index contributed by atoms with van der Waals surface area (Å²) in [6.45, 7) is 0. The minimum Gasteiger partial charge on any atom is -0.406 e. The number of hydrogen-bond donors (Lipinski definition) is 1. The molecule has 25 heavy (non-hydrogen) atoms. The number of halogens is 3. The van der Waals surface area contributed by atoms with Crippen LogP contribution in [0.25, 0.3) is 0 Å². The highest BCUT2D eigenvalue weighted by molar-refractivity contribution is 7.92. The van der Waals surface area contributed by atoms with Crippen LogP contribution in [0.15, 0.2) is 58.3 Å². The van der Waals surface area contributed by atoms with Crippen molar-refractivity contribution in [2.75, 3.05) is 11.0 Å². The molecule has 2 aromatic carbocycles. The third-order valence-corrected chi connectivity index (χ3v) is 5.39. The fourth-order valence-corrected chi connectivity index (χ4v) is 3.55. The van der Waals surface area contributed by atoms with E-state index in [1.54, 1.807) is 0 Å². The SMILES string of the molecule is CS(=O)(=O)c1ccc(NS(=O)(=O)c2cccc(OC(F)(F)F)c2)cc1. The van der Waals surface area contributed by atoms with E-state index in [2.05, 4.69) is 9.46 Å². The van der Waals surface area contributed by atoms with Crippen molar-refractivity contribution in [2.45, 2.75) is 16.2 Å². The second-order valence-electron chi connectivity index (χ2n) is 4.92. The minimum atomic E-state index is -4.95. The molecule has 0 aliphatic rings. The lowest BCUT2D eigenvalue weighted by Gasteiger charge is -2.12. The van der Waals surface area contributed by atoms with Crippen molar-refractivity contribution < 1.29 is 34.7 Å². The predicted molar refractivity (Wildman–Crippen MR) is 83.5 cm³/mol. The zero-order chi connectivity index (χ0) is 18.9. The van der Waals surface area contributed by atoms with Crippen LogP contribution in [0.3, 0.4) is 0 Å². The van der Waals surface area contributed by atoms with Crippen LogP contribution < -0.4 is 9.46 Å². The first-order valence-corrected chi connectivity index (χ1v) is 9.93. The van der Waals surface area contributed by atoms with E-state index in [-0.39, 0.29) is 10.6 Å². The maximum atomic E-state index is 12.2. The summed E-state index contributed by atoms with van der Waals surface area (Å²) in [5.74, 6) is -0.678. The van der Waals surface area contributed by atoms with Crippen LogP contribution >= 0.6 is 0 Å². The fraction of sp³-hybridized carbons (Fsp3) is 0.143. The Balaban J connectivity index is 2.26. The quantitative estimate of drug-likeness (QED) is 0.841. The Labute approximate surface area is 142 Å². The lowest BCUT2D eigenvalue weighted by Crippen LogP contribution is -2.18. The Morgan fingerprint density at radius 1 is 0.920 bits per heavy atom. The summed E-state index contributed by atoms with van der Waals surface area (Å²) in [5, 5.41) is 0. The van der Waals surface area contributed by atoms with Crippen molar-refractivity contribution in [1.29, 1.82) is 0 Å². The van der Waals surface area contributed by atoms with Gasteiger partial charge in [0.1, 0.15) is 5.75 Å². The number of alkyl halides is 3. The van der Waals surface area contributed by atoms with Crippen molar-refractivity contribution in [1.82, 2.24) is 0 Å². The van der Waals surface area contributed by atoms with Crippen LogP contribution in [-0.2, 0) is 19.9 Å². The van der Waals surface area contributed by atoms with E-state index in [9.17, 15) is 30.0 Å². The van der Waals surface area contributed by atoms with Gasteiger partial charge in [0.15, 0.2) is 9.84 Å². The molecular formula is C14H12F3NO5S2. The number of nitrogens with one attached hydrogen (secondary N) is 1. The maximum absolute atomic E-state index is 12.2. The van der Waals surface area contributed by atoms with Crippen LogP contribution in [0.4, 0.5) is 18.9 Å². The van der Waals surface area contributed by atoms with Gasteiger partial charge in [-0.2, -0.15) is 0 Å². The largest absolute Gasteiger partial charge is 0.573 e. The van der Waals surface area contributed by atoms with Crippen LogP contribution in [0.2, 0.25) is 0 Å². The van der Waals surface area contributed by atoms with Gasteiger partial charge in [0.25, 0.3) is 10.0 Å². The molecule has 0 spiro atoms. The van der Waals surface area contributed by atoms with Gasteiger partial charge in [0, 0.05) is 18.0 Å². The third kappa shape index (κ3) is 5.36. The van der Waals surface area contributed by atoms with Gasteiger partial charge in [-0.05, 0) is 36.4 Å². The summed E-state index contributed by atoms with van der Waals surface area (Å²) >= 11 is 0. The second kappa shape index (κ2) is 6.56. The van der Waals surface area contributed by atoms with Crippen molar-refractivity contribution in [3.05, 3.63) is 48.5 Å². The summed E-state index contributed by atoms with van der Waals surface area (Å²) < 4.78 is 89.7. The molecule has 0 aliphatic heterocycles. The molecule has 0 saturated heterocycles. The Kier molecular flexibility index (Phi) is 5.00. The first-order valence-electron chi connectivity index (χ1n) is 6.56. The standard InChI is InChI=1S/C14H12F3NO5S2/c1-24(19,20)12-7-5-10(6-8-12)18-25(21,22)13-4-2-3-11(9-13)23-14(15,16)17/h2-9,18H,1H3. The fourth-order valence-electron chi connectivity index (χ4n) is 1.82. The zero-order valence-corrected chi connectivity index (χ0v) is 14.2. The van der Waals surface area contributed by atoms with Gasteiger partial charge in [-0.1, -0.05) is 6.07 Å². The summed E-state index contributed by atoms with van der Waals surface area (Å²) in [4.78, 5) is -0.447. The monoisotopic (exact) mass is 395 g/mol. The van der Waals surface area contributed by atoms with Crippen molar-refractivity contribution in [3.63, 3.8) is 0 Å². The number of anilines is 1. The molecule has 0 aliphatic carbocycles. The lowest BCUT2D eigenvalue weighted by atomic mass is 10.3. The summed E-state index contributed by atoms with van der Waals surface area (Å²) in [7, 11) is -7.63. The van der Waals surface area contributed by atoms with Gasteiger partial charge in [0.05, 0.1) is 9.79 Å². The van der Waals surface area contributed by atoms with Gasteiger partial charge in [0.2, 0.25) is 0 Å². The highest BCUT2D eigenvalue weighted by Crippen LogP contribution is 2.26. The average molecular weight is 395 g/mol. The molecule has 0 amide bonds. The van der Waals surface area contributed by atoms with Gasteiger partial charge in [-0.25, -0.2) is 16.8 Å². The molecule has 1 N–H and O–H groups in total. The van der Waals surface area contributed by atoms with Crippen LogP contribution in [0.5, 0.6) is 5.75 Å². The second-order valence-corrected chi connectivity index (χ2v) is 8.62. The molecule has 0 unspecified atom stereocenters. The highest BCUT2D eigenvalue weighted by atomic mass is 32.2. The number of rotatable bonds is 5. The molecule has 0 radical (unpaired) electrons. The first kappa shape index (κ1) is 19.1. The van der Waals surface area contributed by atoms with E-state index >= 15 is 0 Å². The van der Waals surface area contributed by atoms with Crippen LogP contribution in [0.1, 0.15) is 0 Å². The van der Waals surface area contributed by atoms with Crippen LogP contribution in [-0.4, -0.2) is 29.5 Å². The lowest BCUT2D eigenvalue weighted by molar-refractivity contribution is -0.274. The number of ether oxygens (including phenoxy) is 1. The van der Waals surface area contributed by atoms with Crippen molar-refractivity contribution in [2.24, 2.45) is 0 Å². The maximum Gasteiger partial charge on any atom is 0.573 e. The van der Waals surface area contributed by atoms with Gasteiger partial charge >= 0.3 is 6.36 Å². The van der Waals surface area contributed by atoms with Gasteiger partial charge in [-0.3, -0.25) is 4.72 Å². The number of hydrogen-bond acceptors (Lipinski definition) is 5. The van der Waals surface area contributed by atoms with Crippen LogP contribution in [0, 0.1) is 0 Å².